The molecule has 0 fully saturated rings. The molecule has 0 unspecified atom stereocenters. The van der Waals surface area contributed by atoms with Crippen molar-refractivity contribution >= 4 is 11.7 Å². The van der Waals surface area contributed by atoms with Crippen molar-refractivity contribution in [2.75, 3.05) is 6.61 Å². The number of aliphatic carboxylic acids is 1. The van der Waals surface area contributed by atoms with Crippen LogP contribution >= 0.6 is 0 Å². The minimum absolute atomic E-state index is 0.0378. The third-order valence-corrected chi connectivity index (χ3v) is 2.01. The zero-order valence-electron chi connectivity index (χ0n) is 9.36. The maximum Gasteiger partial charge on any atom is 0.417 e. The van der Waals surface area contributed by atoms with E-state index in [9.17, 15) is 18.0 Å². The maximum absolute atomic E-state index is 12.7. The van der Waals surface area contributed by atoms with E-state index in [1.54, 1.807) is 0 Å². The Labute approximate surface area is 101 Å². The summed E-state index contributed by atoms with van der Waals surface area (Å²) in [5.41, 5.74) is -1.02. The van der Waals surface area contributed by atoms with E-state index in [0.717, 1.165) is 6.07 Å². The Morgan fingerprint density at radius 1 is 1.39 bits per heavy atom. The average Bonchev–Trinajstić information content (AvgIpc) is 2.27. The largest absolute Gasteiger partial charge is 0.479 e. The van der Waals surface area contributed by atoms with E-state index < -0.39 is 24.3 Å². The first-order valence-corrected chi connectivity index (χ1v) is 4.87. The first-order valence-electron chi connectivity index (χ1n) is 4.87. The fraction of sp³-hybridized carbons (Fsp3) is 0.273. The van der Waals surface area contributed by atoms with Gasteiger partial charge in [0.1, 0.15) is 0 Å². The van der Waals surface area contributed by atoms with Crippen LogP contribution in [0.2, 0.25) is 0 Å². The molecule has 4 nitrogen and oxygen atoms in total. The summed E-state index contributed by atoms with van der Waals surface area (Å²) in [7, 11) is 0. The molecule has 0 saturated carbocycles. The van der Waals surface area contributed by atoms with E-state index in [0.29, 0.717) is 0 Å². The number of oxime groups is 1. The van der Waals surface area contributed by atoms with Crippen molar-refractivity contribution in [3.63, 3.8) is 0 Å². The van der Waals surface area contributed by atoms with Crippen LogP contribution in [0.5, 0.6) is 0 Å². The van der Waals surface area contributed by atoms with E-state index in [2.05, 4.69) is 9.99 Å². The topological polar surface area (TPSA) is 58.9 Å². The fourth-order valence-corrected chi connectivity index (χ4v) is 1.28. The van der Waals surface area contributed by atoms with Crippen LogP contribution in [0.4, 0.5) is 13.2 Å². The van der Waals surface area contributed by atoms with Crippen molar-refractivity contribution in [1.82, 2.24) is 0 Å². The molecule has 1 N–H and O–H groups in total. The van der Waals surface area contributed by atoms with Crippen molar-refractivity contribution < 1.29 is 27.9 Å². The van der Waals surface area contributed by atoms with Gasteiger partial charge in [-0.15, -0.1) is 0 Å². The highest BCUT2D eigenvalue weighted by atomic mass is 19.4. The maximum atomic E-state index is 12.7. The molecule has 18 heavy (non-hydrogen) atoms. The van der Waals surface area contributed by atoms with Crippen LogP contribution in [0, 0.1) is 0 Å². The highest BCUT2D eigenvalue weighted by molar-refractivity contribution is 5.99. The molecule has 1 aromatic rings. The van der Waals surface area contributed by atoms with Crippen molar-refractivity contribution in [3.8, 4) is 0 Å². The van der Waals surface area contributed by atoms with Gasteiger partial charge in [-0.25, -0.2) is 4.79 Å². The summed E-state index contributed by atoms with van der Waals surface area (Å²) >= 11 is 0. The minimum atomic E-state index is -4.50. The number of carboxylic acids is 1. The fourth-order valence-electron chi connectivity index (χ4n) is 1.28. The van der Waals surface area contributed by atoms with Crippen molar-refractivity contribution in [1.29, 1.82) is 0 Å². The number of nitrogens with zero attached hydrogens (tertiary/aromatic N) is 1. The van der Waals surface area contributed by atoms with Crippen LogP contribution in [-0.2, 0) is 15.8 Å². The third-order valence-electron chi connectivity index (χ3n) is 2.01. The quantitative estimate of drug-likeness (QED) is 0.669. The normalized spacial score (nSPS) is 12.3. The van der Waals surface area contributed by atoms with Gasteiger partial charge in [0.15, 0.2) is 0 Å². The molecule has 0 aliphatic rings. The molecule has 1 aromatic carbocycles. The Morgan fingerprint density at radius 3 is 2.56 bits per heavy atom. The Kier molecular flexibility index (Phi) is 4.30. The number of carbonyl (C=O) groups is 1. The molecule has 0 spiro atoms. The number of benzene rings is 1. The van der Waals surface area contributed by atoms with Gasteiger partial charge in [-0.2, -0.15) is 13.2 Å². The second-order valence-electron chi connectivity index (χ2n) is 3.39. The lowest BCUT2D eigenvalue weighted by Gasteiger charge is -2.11. The molecule has 0 radical (unpaired) electrons. The summed E-state index contributed by atoms with van der Waals surface area (Å²) in [4.78, 5) is 14.6. The Morgan fingerprint density at radius 2 is 2.00 bits per heavy atom. The molecule has 0 aliphatic heterocycles. The minimum Gasteiger partial charge on any atom is -0.479 e. The van der Waals surface area contributed by atoms with Gasteiger partial charge in [0, 0.05) is 5.56 Å². The number of alkyl halides is 3. The van der Waals surface area contributed by atoms with Crippen LogP contribution in [-0.4, -0.2) is 23.4 Å². The molecule has 0 bridgehead atoms. The summed E-state index contributed by atoms with van der Waals surface area (Å²) in [5.74, 6) is -1.25. The number of hydrogen-bond donors (Lipinski definition) is 1. The molecular weight excluding hydrogens is 251 g/mol. The van der Waals surface area contributed by atoms with E-state index >= 15 is 0 Å². The van der Waals surface area contributed by atoms with E-state index in [1.165, 1.54) is 25.1 Å². The average molecular weight is 261 g/mol. The van der Waals surface area contributed by atoms with Gasteiger partial charge in [-0.1, -0.05) is 23.4 Å². The predicted molar refractivity (Wildman–Crippen MR) is 57.2 cm³/mol. The van der Waals surface area contributed by atoms with Crippen molar-refractivity contribution in [2.24, 2.45) is 5.16 Å². The van der Waals surface area contributed by atoms with Crippen molar-refractivity contribution in [3.05, 3.63) is 35.4 Å². The van der Waals surface area contributed by atoms with Gasteiger partial charge in [0.25, 0.3) is 0 Å². The highest BCUT2D eigenvalue weighted by Gasteiger charge is 2.33. The molecule has 98 valence electrons. The van der Waals surface area contributed by atoms with E-state index in [-0.39, 0.29) is 11.3 Å². The molecule has 0 amide bonds. The van der Waals surface area contributed by atoms with Crippen molar-refractivity contribution in [2.45, 2.75) is 13.1 Å². The smallest absolute Gasteiger partial charge is 0.417 e. The summed E-state index contributed by atoms with van der Waals surface area (Å²) < 4.78 is 38.0. The second-order valence-corrected chi connectivity index (χ2v) is 3.39. The first-order chi connectivity index (χ1) is 8.32. The van der Waals surface area contributed by atoms with Crippen LogP contribution in [0.1, 0.15) is 18.1 Å². The standard InChI is InChI=1S/C11H10F3NO3/c1-7(15-18-6-10(16)17)8-4-2-3-5-9(8)11(12,13)14/h2-5H,6H2,1H3,(H,16,17). The van der Waals surface area contributed by atoms with Crippen LogP contribution in [0.25, 0.3) is 0 Å². The first kappa shape index (κ1) is 14.0. The predicted octanol–water partition coefficient (Wildman–Crippen LogP) is 2.53. The molecule has 7 heteroatoms. The number of carboxylic acid groups (broad SMARTS) is 1. The summed E-state index contributed by atoms with van der Waals surface area (Å²) in [6.07, 6.45) is -4.50. The lowest BCUT2D eigenvalue weighted by atomic mass is 10.0. The molecule has 0 aliphatic carbocycles. The Hall–Kier alpha value is -2.05. The molecule has 0 saturated heterocycles. The van der Waals surface area contributed by atoms with Crippen LogP contribution < -0.4 is 0 Å². The SMILES string of the molecule is CC(=NOCC(=O)O)c1ccccc1C(F)(F)F. The third kappa shape index (κ3) is 3.76. The lowest BCUT2D eigenvalue weighted by Crippen LogP contribution is -2.12. The number of rotatable bonds is 4. The van der Waals surface area contributed by atoms with Gasteiger partial charge in [-0.05, 0) is 13.0 Å². The Bertz CT molecular complexity index is 469. The summed E-state index contributed by atoms with van der Waals surface area (Å²) in [6, 6.07) is 4.86. The lowest BCUT2D eigenvalue weighted by molar-refractivity contribution is -0.142. The van der Waals surface area contributed by atoms with Gasteiger partial charge < -0.3 is 9.94 Å². The Balaban J connectivity index is 2.99. The van der Waals surface area contributed by atoms with E-state index in [1.807, 2.05) is 0 Å². The molecule has 0 heterocycles. The number of halogens is 3. The molecule has 0 atom stereocenters. The van der Waals surface area contributed by atoms with Gasteiger partial charge in [0.05, 0.1) is 11.3 Å². The van der Waals surface area contributed by atoms with Crippen LogP contribution in [0.3, 0.4) is 0 Å². The molecule has 0 aromatic heterocycles. The highest BCUT2D eigenvalue weighted by Crippen LogP contribution is 2.32. The monoisotopic (exact) mass is 261 g/mol. The van der Waals surface area contributed by atoms with Crippen LogP contribution in [0.15, 0.2) is 29.4 Å². The van der Waals surface area contributed by atoms with E-state index in [4.69, 9.17) is 5.11 Å². The number of hydrogen-bond acceptors (Lipinski definition) is 3. The zero-order valence-corrected chi connectivity index (χ0v) is 9.36. The zero-order chi connectivity index (χ0) is 13.8. The summed E-state index contributed by atoms with van der Waals surface area (Å²) in [5, 5.41) is 11.7. The van der Waals surface area contributed by atoms with Gasteiger partial charge in [0.2, 0.25) is 6.61 Å². The molecule has 1 rings (SSSR count). The van der Waals surface area contributed by atoms with Gasteiger partial charge in [-0.3, -0.25) is 0 Å². The molecular formula is C11H10F3NO3. The summed E-state index contributed by atoms with van der Waals surface area (Å²) in [6.45, 7) is 0.609. The second kappa shape index (κ2) is 5.52. The van der Waals surface area contributed by atoms with Gasteiger partial charge >= 0.3 is 12.1 Å².